The monoisotopic (exact) mass is 222 g/mol. The molecule has 0 aromatic carbocycles. The van der Waals surface area contributed by atoms with E-state index in [1.165, 1.54) is 19.3 Å². The highest BCUT2D eigenvalue weighted by Gasteiger charge is 2.70. The molecule has 0 aromatic rings. The van der Waals surface area contributed by atoms with Crippen molar-refractivity contribution in [3.05, 3.63) is 0 Å². The Morgan fingerprint density at radius 2 is 2.00 bits per heavy atom. The summed E-state index contributed by atoms with van der Waals surface area (Å²) in [6, 6.07) is 0. The third-order valence-corrected chi connectivity index (χ3v) is 5.51. The van der Waals surface area contributed by atoms with Gasteiger partial charge in [0.15, 0.2) is 0 Å². The third kappa shape index (κ3) is 1.22. The Labute approximate surface area is 97.7 Å². The highest BCUT2D eigenvalue weighted by Crippen LogP contribution is 2.74. The van der Waals surface area contributed by atoms with Gasteiger partial charge in [0, 0.05) is 0 Å². The molecule has 2 heteroatoms. The van der Waals surface area contributed by atoms with E-state index in [1.54, 1.807) is 0 Å². The number of hydrogen-bond donors (Lipinski definition) is 0. The average molecular weight is 222 g/mol. The van der Waals surface area contributed by atoms with Gasteiger partial charge in [0.05, 0.1) is 12.5 Å². The number of cyclic esters (lactones) is 1. The van der Waals surface area contributed by atoms with E-state index in [9.17, 15) is 4.79 Å². The molecule has 3 fully saturated rings. The predicted molar refractivity (Wildman–Crippen MR) is 61.8 cm³/mol. The predicted octanol–water partition coefficient (Wildman–Crippen LogP) is 3.01. The maximum absolute atomic E-state index is 11.7. The highest BCUT2D eigenvalue weighted by molar-refractivity contribution is 5.75. The molecule has 1 aliphatic heterocycles. The van der Waals surface area contributed by atoms with Gasteiger partial charge in [0.1, 0.15) is 0 Å². The van der Waals surface area contributed by atoms with Crippen molar-refractivity contribution in [2.24, 2.45) is 28.6 Å². The zero-order valence-corrected chi connectivity index (χ0v) is 10.6. The van der Waals surface area contributed by atoms with E-state index in [0.717, 1.165) is 12.3 Å². The summed E-state index contributed by atoms with van der Waals surface area (Å²) in [5.41, 5.74) is 0.871. The SMILES string of the molecule is CC1(C)CCC[C@]2(C)[C@H]([C@H]3CCOC3=O)[C@H]12. The second kappa shape index (κ2) is 3.02. The first-order valence-electron chi connectivity index (χ1n) is 6.63. The summed E-state index contributed by atoms with van der Waals surface area (Å²) in [6.07, 6.45) is 4.94. The van der Waals surface area contributed by atoms with Crippen LogP contribution in [0.3, 0.4) is 0 Å². The van der Waals surface area contributed by atoms with Crippen LogP contribution in [0.4, 0.5) is 0 Å². The second-order valence-corrected chi connectivity index (χ2v) is 6.91. The van der Waals surface area contributed by atoms with Crippen LogP contribution in [-0.2, 0) is 9.53 Å². The fraction of sp³-hybridized carbons (Fsp3) is 0.929. The summed E-state index contributed by atoms with van der Waals surface area (Å²) >= 11 is 0. The summed E-state index contributed by atoms with van der Waals surface area (Å²) in [5, 5.41) is 0. The van der Waals surface area contributed by atoms with E-state index < -0.39 is 0 Å². The molecule has 0 amide bonds. The molecule has 16 heavy (non-hydrogen) atoms. The standard InChI is InChI=1S/C14H22O2/c1-13(2)6-4-7-14(3)10(11(13)14)9-5-8-16-12(9)15/h9-11H,4-8H2,1-3H3/t9-,10-,11-,14-/m1/s1. The lowest BCUT2D eigenvalue weighted by Crippen LogP contribution is -2.23. The van der Waals surface area contributed by atoms with Crippen molar-refractivity contribution in [2.75, 3.05) is 6.61 Å². The topological polar surface area (TPSA) is 26.3 Å². The minimum atomic E-state index is 0.0800. The first-order chi connectivity index (χ1) is 7.47. The Kier molecular flexibility index (Phi) is 2.01. The van der Waals surface area contributed by atoms with Crippen molar-refractivity contribution in [3.63, 3.8) is 0 Å². The van der Waals surface area contributed by atoms with Gasteiger partial charge in [-0.3, -0.25) is 4.79 Å². The molecule has 0 aromatic heterocycles. The average Bonchev–Trinajstić information content (AvgIpc) is 2.60. The van der Waals surface area contributed by atoms with E-state index in [0.29, 0.717) is 23.4 Å². The molecule has 2 aliphatic carbocycles. The molecular formula is C14H22O2. The lowest BCUT2D eigenvalue weighted by atomic mass is 9.73. The van der Waals surface area contributed by atoms with E-state index in [-0.39, 0.29) is 11.9 Å². The lowest BCUT2D eigenvalue weighted by Gasteiger charge is -2.32. The zero-order valence-electron chi connectivity index (χ0n) is 10.6. The quantitative estimate of drug-likeness (QED) is 0.637. The van der Waals surface area contributed by atoms with Gasteiger partial charge in [-0.05, 0) is 41.9 Å². The van der Waals surface area contributed by atoms with Crippen molar-refractivity contribution in [1.29, 1.82) is 0 Å². The molecule has 3 rings (SSSR count). The van der Waals surface area contributed by atoms with Crippen molar-refractivity contribution in [2.45, 2.75) is 46.5 Å². The Morgan fingerprint density at radius 3 is 2.56 bits per heavy atom. The number of hydrogen-bond acceptors (Lipinski definition) is 2. The molecule has 0 bridgehead atoms. The van der Waals surface area contributed by atoms with Gasteiger partial charge < -0.3 is 4.74 Å². The van der Waals surface area contributed by atoms with Crippen molar-refractivity contribution < 1.29 is 9.53 Å². The van der Waals surface area contributed by atoms with Crippen molar-refractivity contribution >= 4 is 5.97 Å². The van der Waals surface area contributed by atoms with Crippen LogP contribution in [0.2, 0.25) is 0 Å². The molecule has 4 atom stereocenters. The second-order valence-electron chi connectivity index (χ2n) is 6.91. The summed E-state index contributed by atoms with van der Waals surface area (Å²) in [6.45, 7) is 7.82. The van der Waals surface area contributed by atoms with Gasteiger partial charge in [-0.2, -0.15) is 0 Å². The number of fused-ring (bicyclic) bond motifs is 1. The smallest absolute Gasteiger partial charge is 0.309 e. The van der Waals surface area contributed by atoms with E-state index >= 15 is 0 Å². The van der Waals surface area contributed by atoms with Crippen LogP contribution in [0.15, 0.2) is 0 Å². The first kappa shape index (κ1) is 10.6. The molecule has 0 N–H and O–H groups in total. The first-order valence-corrected chi connectivity index (χ1v) is 6.63. The Morgan fingerprint density at radius 1 is 1.25 bits per heavy atom. The zero-order chi connectivity index (χ0) is 11.6. The van der Waals surface area contributed by atoms with Crippen LogP contribution >= 0.6 is 0 Å². The number of rotatable bonds is 1. The summed E-state index contributed by atoms with van der Waals surface area (Å²) < 4.78 is 5.15. The fourth-order valence-corrected chi connectivity index (χ4v) is 4.91. The lowest BCUT2D eigenvalue weighted by molar-refractivity contribution is -0.142. The van der Waals surface area contributed by atoms with E-state index in [1.807, 2.05) is 0 Å². The maximum atomic E-state index is 11.7. The summed E-state index contributed by atoms with van der Waals surface area (Å²) in [7, 11) is 0. The maximum Gasteiger partial charge on any atom is 0.309 e. The van der Waals surface area contributed by atoms with Crippen molar-refractivity contribution in [3.8, 4) is 0 Å². The minimum Gasteiger partial charge on any atom is -0.465 e. The molecule has 2 nitrogen and oxygen atoms in total. The number of ether oxygens (including phenoxy) is 1. The minimum absolute atomic E-state index is 0.0800. The van der Waals surface area contributed by atoms with Crippen LogP contribution in [-0.4, -0.2) is 12.6 Å². The normalized spacial score (nSPS) is 49.7. The van der Waals surface area contributed by atoms with Crippen LogP contribution in [0.1, 0.15) is 46.5 Å². The van der Waals surface area contributed by atoms with E-state index in [2.05, 4.69) is 20.8 Å². The summed E-state index contributed by atoms with van der Waals surface area (Å²) in [4.78, 5) is 11.7. The largest absolute Gasteiger partial charge is 0.465 e. The Bertz CT molecular complexity index is 334. The molecule has 2 saturated carbocycles. The number of carbonyl (C=O) groups excluding carboxylic acids is 1. The van der Waals surface area contributed by atoms with Gasteiger partial charge in [-0.1, -0.05) is 27.2 Å². The van der Waals surface area contributed by atoms with Crippen LogP contribution in [0, 0.1) is 28.6 Å². The molecule has 3 aliphatic rings. The van der Waals surface area contributed by atoms with Gasteiger partial charge in [0.2, 0.25) is 0 Å². The van der Waals surface area contributed by atoms with Gasteiger partial charge in [-0.25, -0.2) is 0 Å². The van der Waals surface area contributed by atoms with Gasteiger partial charge in [0.25, 0.3) is 0 Å². The molecule has 1 heterocycles. The molecule has 0 spiro atoms. The van der Waals surface area contributed by atoms with Crippen LogP contribution < -0.4 is 0 Å². The Balaban J connectivity index is 1.86. The van der Waals surface area contributed by atoms with Crippen LogP contribution in [0.5, 0.6) is 0 Å². The molecule has 0 unspecified atom stereocenters. The van der Waals surface area contributed by atoms with Crippen molar-refractivity contribution in [1.82, 2.24) is 0 Å². The highest BCUT2D eigenvalue weighted by atomic mass is 16.5. The van der Waals surface area contributed by atoms with Gasteiger partial charge >= 0.3 is 5.97 Å². The number of carbonyl (C=O) groups is 1. The van der Waals surface area contributed by atoms with E-state index in [4.69, 9.17) is 4.74 Å². The molecular weight excluding hydrogens is 200 g/mol. The van der Waals surface area contributed by atoms with Gasteiger partial charge in [-0.15, -0.1) is 0 Å². The molecule has 1 saturated heterocycles. The molecule has 0 radical (unpaired) electrons. The summed E-state index contributed by atoms with van der Waals surface area (Å²) in [5.74, 6) is 1.66. The fourth-order valence-electron chi connectivity index (χ4n) is 4.91. The third-order valence-electron chi connectivity index (χ3n) is 5.51. The molecule has 90 valence electrons. The number of esters is 1. The Hall–Kier alpha value is -0.530. The van der Waals surface area contributed by atoms with Crippen LogP contribution in [0.25, 0.3) is 0 Å².